The average Bonchev–Trinajstić information content (AvgIpc) is 3.07. The van der Waals surface area contributed by atoms with Crippen LogP contribution in [0.2, 0.25) is 5.15 Å². The molecule has 3 rings (SSSR count). The molecular weight excluding hydrogens is 328 g/mol. The molecule has 2 aromatic heterocycles. The first kappa shape index (κ1) is 14.1. The van der Waals surface area contributed by atoms with E-state index >= 15 is 0 Å². The molecule has 0 aliphatic rings. The molecule has 0 fully saturated rings. The lowest BCUT2D eigenvalue weighted by Gasteiger charge is -1.98. The summed E-state index contributed by atoms with van der Waals surface area (Å²) in [6.45, 7) is 1.98. The van der Waals surface area contributed by atoms with Crippen molar-refractivity contribution in [3.63, 3.8) is 0 Å². The van der Waals surface area contributed by atoms with Gasteiger partial charge in [0.2, 0.25) is 5.89 Å². The summed E-state index contributed by atoms with van der Waals surface area (Å²) >= 11 is 8.15. The maximum atomic E-state index is 9.04. The molecule has 21 heavy (non-hydrogen) atoms. The van der Waals surface area contributed by atoms with Crippen molar-refractivity contribution in [2.45, 2.75) is 16.4 Å². The molecule has 1 aromatic carbocycles. The quantitative estimate of drug-likeness (QED) is 0.715. The zero-order valence-electron chi connectivity index (χ0n) is 10.7. The Kier molecular flexibility index (Phi) is 3.92. The van der Waals surface area contributed by atoms with E-state index in [0.29, 0.717) is 20.9 Å². The molecular formula is C13H7ClN4OS2. The Labute approximate surface area is 133 Å². The maximum Gasteiger partial charge on any atom is 0.282 e. The Morgan fingerprint density at radius 1 is 1.33 bits per heavy atom. The van der Waals surface area contributed by atoms with E-state index in [1.54, 1.807) is 0 Å². The van der Waals surface area contributed by atoms with E-state index in [-0.39, 0.29) is 5.15 Å². The van der Waals surface area contributed by atoms with Crippen molar-refractivity contribution in [1.29, 1.82) is 5.26 Å². The first-order valence-electron chi connectivity index (χ1n) is 5.81. The second-order valence-corrected chi connectivity index (χ2v) is 6.39. The van der Waals surface area contributed by atoms with E-state index in [0.717, 1.165) is 22.7 Å². The maximum absolute atomic E-state index is 9.04. The van der Waals surface area contributed by atoms with Crippen molar-refractivity contribution in [1.82, 2.24) is 14.6 Å². The van der Waals surface area contributed by atoms with E-state index in [4.69, 9.17) is 21.3 Å². The molecule has 2 heterocycles. The highest BCUT2D eigenvalue weighted by atomic mass is 35.5. The first-order chi connectivity index (χ1) is 10.2. The van der Waals surface area contributed by atoms with Crippen LogP contribution in [0, 0.1) is 18.3 Å². The third-order valence-corrected chi connectivity index (χ3v) is 4.91. The van der Waals surface area contributed by atoms with Crippen LogP contribution in [0.25, 0.3) is 11.5 Å². The van der Waals surface area contributed by atoms with Crippen molar-refractivity contribution in [3.05, 3.63) is 40.5 Å². The van der Waals surface area contributed by atoms with Gasteiger partial charge >= 0.3 is 0 Å². The number of benzene rings is 1. The predicted octanol–water partition coefficient (Wildman–Crippen LogP) is 4.18. The van der Waals surface area contributed by atoms with Crippen LogP contribution in [0.5, 0.6) is 0 Å². The summed E-state index contributed by atoms with van der Waals surface area (Å²) in [6.07, 6.45) is 0. The van der Waals surface area contributed by atoms with Gasteiger partial charge in [0.1, 0.15) is 15.8 Å². The Morgan fingerprint density at radius 2 is 2.14 bits per heavy atom. The average molecular weight is 335 g/mol. The van der Waals surface area contributed by atoms with Gasteiger partial charge in [-0.1, -0.05) is 29.8 Å². The zero-order valence-corrected chi connectivity index (χ0v) is 13.1. The summed E-state index contributed by atoms with van der Waals surface area (Å²) in [5.41, 5.74) is 2.28. The summed E-state index contributed by atoms with van der Waals surface area (Å²) in [7, 11) is 0. The van der Waals surface area contributed by atoms with Gasteiger partial charge in [-0.15, -0.1) is 10.2 Å². The van der Waals surface area contributed by atoms with Crippen molar-refractivity contribution in [2.75, 3.05) is 0 Å². The van der Waals surface area contributed by atoms with E-state index in [1.165, 1.54) is 11.8 Å². The van der Waals surface area contributed by atoms with Crippen LogP contribution in [0.1, 0.15) is 11.1 Å². The topological polar surface area (TPSA) is 75.6 Å². The lowest BCUT2D eigenvalue weighted by atomic mass is 10.1. The largest absolute Gasteiger partial charge is 0.411 e. The third kappa shape index (κ3) is 2.78. The van der Waals surface area contributed by atoms with Crippen molar-refractivity contribution in [3.8, 4) is 17.5 Å². The SMILES string of the molecule is Cc1ccccc1-c1nnc(Sc2snc(Cl)c2C#N)o1. The van der Waals surface area contributed by atoms with Gasteiger partial charge in [-0.25, -0.2) is 0 Å². The van der Waals surface area contributed by atoms with Gasteiger partial charge in [-0.05, 0) is 41.8 Å². The molecule has 0 bridgehead atoms. The smallest absolute Gasteiger partial charge is 0.282 e. The van der Waals surface area contributed by atoms with Crippen LogP contribution < -0.4 is 0 Å². The van der Waals surface area contributed by atoms with Crippen molar-refractivity contribution >= 4 is 34.9 Å². The number of halogens is 1. The summed E-state index contributed by atoms with van der Waals surface area (Å²) in [5.74, 6) is 0.449. The van der Waals surface area contributed by atoms with Crippen LogP contribution in [0.3, 0.4) is 0 Å². The lowest BCUT2D eigenvalue weighted by molar-refractivity contribution is 0.466. The number of hydrogen-bond acceptors (Lipinski definition) is 7. The number of aryl methyl sites for hydroxylation is 1. The van der Waals surface area contributed by atoms with Crippen LogP contribution in [0.15, 0.2) is 38.1 Å². The first-order valence-corrected chi connectivity index (χ1v) is 7.78. The minimum atomic E-state index is 0.198. The van der Waals surface area contributed by atoms with Gasteiger partial charge in [0.15, 0.2) is 5.15 Å². The highest BCUT2D eigenvalue weighted by molar-refractivity contribution is 8.00. The zero-order chi connectivity index (χ0) is 14.8. The van der Waals surface area contributed by atoms with Crippen LogP contribution in [-0.4, -0.2) is 14.6 Å². The summed E-state index contributed by atoms with van der Waals surface area (Å²) < 4.78 is 10.2. The Bertz CT molecular complexity index is 837. The molecule has 5 nitrogen and oxygen atoms in total. The fourth-order valence-corrected chi connectivity index (χ4v) is 3.59. The number of hydrogen-bond donors (Lipinski definition) is 0. The van der Waals surface area contributed by atoms with E-state index < -0.39 is 0 Å². The molecule has 0 N–H and O–H groups in total. The standard InChI is InChI=1S/C13H7ClN4OS2/c1-7-4-2-3-5-8(7)11-16-17-13(19-11)20-12-9(6-15)10(14)18-21-12/h2-5H,1H3. The van der Waals surface area contributed by atoms with Crippen LogP contribution in [-0.2, 0) is 0 Å². The van der Waals surface area contributed by atoms with Crippen molar-refractivity contribution in [2.24, 2.45) is 0 Å². The molecule has 0 aliphatic heterocycles. The minimum Gasteiger partial charge on any atom is -0.411 e. The van der Waals surface area contributed by atoms with E-state index in [9.17, 15) is 0 Å². The highest BCUT2D eigenvalue weighted by Gasteiger charge is 2.17. The predicted molar refractivity (Wildman–Crippen MR) is 80.4 cm³/mol. The molecule has 8 heteroatoms. The van der Waals surface area contributed by atoms with Crippen LogP contribution in [0.4, 0.5) is 0 Å². The molecule has 0 amide bonds. The number of nitriles is 1. The molecule has 0 atom stereocenters. The second kappa shape index (κ2) is 5.85. The number of rotatable bonds is 3. The van der Waals surface area contributed by atoms with E-state index in [1.807, 2.05) is 37.3 Å². The fourth-order valence-electron chi connectivity index (χ4n) is 1.67. The molecule has 0 saturated carbocycles. The fraction of sp³-hybridized carbons (Fsp3) is 0.0769. The van der Waals surface area contributed by atoms with Gasteiger partial charge in [-0.3, -0.25) is 0 Å². The summed E-state index contributed by atoms with van der Waals surface area (Å²) in [4.78, 5) is 0. The Morgan fingerprint density at radius 3 is 2.90 bits per heavy atom. The van der Waals surface area contributed by atoms with Gasteiger partial charge in [0.25, 0.3) is 5.22 Å². The van der Waals surface area contributed by atoms with Crippen molar-refractivity contribution < 1.29 is 4.42 Å². The number of aromatic nitrogens is 3. The monoisotopic (exact) mass is 334 g/mol. The molecule has 3 aromatic rings. The van der Waals surface area contributed by atoms with Gasteiger partial charge < -0.3 is 4.42 Å². The summed E-state index contributed by atoms with van der Waals surface area (Å²) in [5, 5.41) is 17.6. The van der Waals surface area contributed by atoms with Crippen LogP contribution >= 0.6 is 34.9 Å². The Balaban J connectivity index is 1.89. The second-order valence-electron chi connectivity index (χ2n) is 4.04. The molecule has 0 aliphatic carbocycles. The minimum absolute atomic E-state index is 0.198. The van der Waals surface area contributed by atoms with Gasteiger partial charge in [0, 0.05) is 5.56 Å². The normalized spacial score (nSPS) is 10.5. The summed E-state index contributed by atoms with van der Waals surface area (Å²) in [6, 6.07) is 9.77. The molecule has 104 valence electrons. The Hall–Kier alpha value is -1.88. The molecule has 0 saturated heterocycles. The third-order valence-electron chi connectivity index (χ3n) is 2.69. The lowest BCUT2D eigenvalue weighted by Crippen LogP contribution is -1.81. The number of nitrogens with zero attached hydrogens (tertiary/aromatic N) is 4. The molecule has 0 unspecified atom stereocenters. The van der Waals surface area contributed by atoms with E-state index in [2.05, 4.69) is 14.6 Å². The molecule has 0 radical (unpaired) electrons. The molecule has 0 spiro atoms. The van der Waals surface area contributed by atoms with Gasteiger partial charge in [-0.2, -0.15) is 9.64 Å². The van der Waals surface area contributed by atoms with Gasteiger partial charge in [0.05, 0.1) is 0 Å². The highest BCUT2D eigenvalue weighted by Crippen LogP contribution is 2.37.